The Morgan fingerprint density at radius 2 is 1.91 bits per heavy atom. The quantitative estimate of drug-likeness (QED) is 0.862. The molecule has 2 rings (SSSR count). The molecule has 1 atom stereocenters. The average molecular weight is 370 g/mol. The molecule has 1 aliphatic heterocycles. The van der Waals surface area contributed by atoms with Crippen molar-refractivity contribution in [3.8, 4) is 0 Å². The SMILES string of the molecule is Cl.O=C(O)C1CCCN(Cc2ccc(S(=O)(=O)C(F)F)cc2)C1. The number of aliphatic carboxylic acids is 1. The van der Waals surface area contributed by atoms with E-state index in [1.54, 1.807) is 0 Å². The minimum atomic E-state index is -4.57. The molecule has 1 fully saturated rings. The summed E-state index contributed by atoms with van der Waals surface area (Å²) < 4.78 is 47.5. The van der Waals surface area contributed by atoms with E-state index in [0.29, 0.717) is 19.5 Å². The van der Waals surface area contributed by atoms with Crippen molar-refractivity contribution in [3.05, 3.63) is 29.8 Å². The van der Waals surface area contributed by atoms with E-state index in [9.17, 15) is 22.0 Å². The fourth-order valence-electron chi connectivity index (χ4n) is 2.55. The standard InChI is InChI=1S/C14H17F2NO4S.ClH/c15-14(16)22(20,21)12-5-3-10(4-6-12)8-17-7-1-2-11(9-17)13(18)19;/h3-6,11,14H,1-2,7-9H2,(H,18,19);1H. The van der Waals surface area contributed by atoms with Gasteiger partial charge in [-0.3, -0.25) is 9.69 Å². The second-order valence-corrected chi connectivity index (χ2v) is 7.28. The fraction of sp³-hybridized carbons (Fsp3) is 0.500. The van der Waals surface area contributed by atoms with Crippen LogP contribution >= 0.6 is 12.4 Å². The summed E-state index contributed by atoms with van der Waals surface area (Å²) in [6.45, 7) is 1.67. The normalized spacial score (nSPS) is 19.3. The first-order valence-corrected chi connectivity index (χ1v) is 8.41. The van der Waals surface area contributed by atoms with Gasteiger partial charge in [0.1, 0.15) is 0 Å². The number of carbonyl (C=O) groups is 1. The van der Waals surface area contributed by atoms with Crippen LogP contribution in [-0.4, -0.2) is 43.2 Å². The maximum Gasteiger partial charge on any atom is 0.341 e. The third-order valence-electron chi connectivity index (χ3n) is 3.75. The molecular weight excluding hydrogens is 352 g/mol. The number of hydrogen-bond acceptors (Lipinski definition) is 4. The van der Waals surface area contributed by atoms with E-state index in [0.717, 1.165) is 30.7 Å². The summed E-state index contributed by atoms with van der Waals surface area (Å²) in [5.74, 6) is -4.65. The predicted molar refractivity (Wildman–Crippen MR) is 82.5 cm³/mol. The maximum absolute atomic E-state index is 12.4. The lowest BCUT2D eigenvalue weighted by Crippen LogP contribution is -2.38. The van der Waals surface area contributed by atoms with E-state index in [-0.39, 0.29) is 12.4 Å². The van der Waals surface area contributed by atoms with E-state index >= 15 is 0 Å². The summed E-state index contributed by atoms with van der Waals surface area (Å²) >= 11 is 0. The van der Waals surface area contributed by atoms with E-state index in [1.807, 2.05) is 4.90 Å². The molecule has 130 valence electrons. The molecule has 0 spiro atoms. The number of alkyl halides is 2. The molecule has 9 heteroatoms. The van der Waals surface area contributed by atoms with Gasteiger partial charge in [-0.1, -0.05) is 12.1 Å². The Morgan fingerprint density at radius 3 is 2.43 bits per heavy atom. The van der Waals surface area contributed by atoms with Crippen LogP contribution in [0.3, 0.4) is 0 Å². The van der Waals surface area contributed by atoms with E-state index in [1.165, 1.54) is 12.1 Å². The molecule has 5 nitrogen and oxygen atoms in total. The second-order valence-electron chi connectivity index (χ2n) is 5.36. The van der Waals surface area contributed by atoms with Gasteiger partial charge in [-0.25, -0.2) is 8.42 Å². The number of likely N-dealkylation sites (tertiary alicyclic amines) is 1. The Balaban J connectivity index is 0.00000264. The van der Waals surface area contributed by atoms with E-state index < -0.39 is 32.4 Å². The second kappa shape index (κ2) is 8.03. The highest BCUT2D eigenvalue weighted by Crippen LogP contribution is 2.21. The Kier molecular flexibility index (Phi) is 6.91. The van der Waals surface area contributed by atoms with Gasteiger partial charge in [0, 0.05) is 13.1 Å². The third-order valence-corrected chi connectivity index (χ3v) is 5.15. The zero-order valence-corrected chi connectivity index (χ0v) is 13.8. The summed E-state index contributed by atoms with van der Waals surface area (Å²) in [5, 5.41) is 9.04. The van der Waals surface area contributed by atoms with Crippen molar-refractivity contribution in [1.82, 2.24) is 4.90 Å². The minimum Gasteiger partial charge on any atom is -0.481 e. The summed E-state index contributed by atoms with van der Waals surface area (Å²) in [5.41, 5.74) is 0.763. The fourth-order valence-corrected chi connectivity index (χ4v) is 3.27. The van der Waals surface area contributed by atoms with Crippen molar-refractivity contribution >= 4 is 28.2 Å². The Hall–Kier alpha value is -1.25. The van der Waals surface area contributed by atoms with Crippen LogP contribution in [0.2, 0.25) is 0 Å². The molecule has 0 amide bonds. The highest BCUT2D eigenvalue weighted by Gasteiger charge is 2.27. The number of nitrogens with zero attached hydrogens (tertiary/aromatic N) is 1. The number of benzene rings is 1. The zero-order chi connectivity index (χ0) is 16.3. The summed E-state index contributed by atoms with van der Waals surface area (Å²) in [6, 6.07) is 5.30. The first kappa shape index (κ1) is 19.8. The van der Waals surface area contributed by atoms with Gasteiger partial charge in [0.15, 0.2) is 0 Å². The Morgan fingerprint density at radius 1 is 1.30 bits per heavy atom. The number of halogens is 3. The smallest absolute Gasteiger partial charge is 0.341 e. The Labute approximate surface area is 139 Å². The number of rotatable bonds is 5. The van der Waals surface area contributed by atoms with Gasteiger partial charge in [-0.2, -0.15) is 8.78 Å². The monoisotopic (exact) mass is 369 g/mol. The van der Waals surface area contributed by atoms with Crippen molar-refractivity contribution in [2.24, 2.45) is 5.92 Å². The maximum atomic E-state index is 12.4. The van der Waals surface area contributed by atoms with E-state index in [2.05, 4.69) is 0 Å². The van der Waals surface area contributed by atoms with E-state index in [4.69, 9.17) is 5.11 Å². The van der Waals surface area contributed by atoms with Crippen LogP contribution in [0.5, 0.6) is 0 Å². The van der Waals surface area contributed by atoms with Crippen LogP contribution in [-0.2, 0) is 21.2 Å². The molecule has 0 bridgehead atoms. The molecule has 1 unspecified atom stereocenters. The summed E-state index contributed by atoms with van der Waals surface area (Å²) in [7, 11) is -4.57. The molecule has 1 aromatic carbocycles. The molecule has 1 heterocycles. The van der Waals surface area contributed by atoms with Gasteiger partial charge < -0.3 is 5.11 Å². The Bertz CT molecular complexity index is 637. The molecule has 0 aliphatic carbocycles. The van der Waals surface area contributed by atoms with Crippen LogP contribution in [0.15, 0.2) is 29.2 Å². The lowest BCUT2D eigenvalue weighted by atomic mass is 9.98. The largest absolute Gasteiger partial charge is 0.481 e. The van der Waals surface area contributed by atoms with Crippen LogP contribution in [0.1, 0.15) is 18.4 Å². The van der Waals surface area contributed by atoms with Crippen molar-refractivity contribution in [2.75, 3.05) is 13.1 Å². The van der Waals surface area contributed by atoms with Gasteiger partial charge in [-0.15, -0.1) is 12.4 Å². The highest BCUT2D eigenvalue weighted by molar-refractivity contribution is 7.91. The highest BCUT2D eigenvalue weighted by atomic mass is 35.5. The molecule has 1 N–H and O–H groups in total. The lowest BCUT2D eigenvalue weighted by molar-refractivity contribution is -0.143. The molecule has 1 aliphatic rings. The molecule has 1 saturated heterocycles. The number of sulfone groups is 1. The van der Waals surface area contributed by atoms with Crippen LogP contribution in [0.25, 0.3) is 0 Å². The number of carboxylic acids is 1. The average Bonchev–Trinajstić information content (AvgIpc) is 2.48. The van der Waals surface area contributed by atoms with Crippen molar-refractivity contribution < 1.29 is 27.1 Å². The number of hydrogen-bond donors (Lipinski definition) is 1. The lowest BCUT2D eigenvalue weighted by Gasteiger charge is -2.30. The molecule has 0 saturated carbocycles. The van der Waals surface area contributed by atoms with Crippen molar-refractivity contribution in [3.63, 3.8) is 0 Å². The number of carboxylic acid groups (broad SMARTS) is 1. The van der Waals surface area contributed by atoms with Gasteiger partial charge in [-0.05, 0) is 37.1 Å². The molecule has 0 aromatic heterocycles. The van der Waals surface area contributed by atoms with Gasteiger partial charge in [0.25, 0.3) is 0 Å². The van der Waals surface area contributed by atoms with Gasteiger partial charge in [0.2, 0.25) is 9.84 Å². The van der Waals surface area contributed by atoms with Crippen molar-refractivity contribution in [1.29, 1.82) is 0 Å². The first-order chi connectivity index (χ1) is 10.3. The van der Waals surface area contributed by atoms with Crippen LogP contribution < -0.4 is 0 Å². The molecule has 1 aromatic rings. The predicted octanol–water partition coefficient (Wildman–Crippen LogP) is 2.40. The minimum absolute atomic E-state index is 0. The summed E-state index contributed by atoms with van der Waals surface area (Å²) in [6.07, 6.45) is 1.44. The summed E-state index contributed by atoms with van der Waals surface area (Å²) in [4.78, 5) is 12.6. The van der Waals surface area contributed by atoms with Crippen LogP contribution in [0.4, 0.5) is 8.78 Å². The van der Waals surface area contributed by atoms with Crippen LogP contribution in [0, 0.1) is 5.92 Å². The molecule has 23 heavy (non-hydrogen) atoms. The van der Waals surface area contributed by atoms with Crippen molar-refractivity contribution in [2.45, 2.75) is 30.0 Å². The molecule has 0 radical (unpaired) electrons. The zero-order valence-electron chi connectivity index (χ0n) is 12.2. The third kappa shape index (κ3) is 4.86. The molecular formula is C14H18ClF2NO4S. The van der Waals surface area contributed by atoms with Gasteiger partial charge in [0.05, 0.1) is 10.8 Å². The topological polar surface area (TPSA) is 74.7 Å². The number of piperidine rings is 1. The first-order valence-electron chi connectivity index (χ1n) is 6.87. The van der Waals surface area contributed by atoms with Gasteiger partial charge >= 0.3 is 11.7 Å².